The largest absolute Gasteiger partial charge is 0.383 e. The van der Waals surface area contributed by atoms with E-state index in [1.807, 2.05) is 19.0 Å². The molecule has 0 aliphatic carbocycles. The van der Waals surface area contributed by atoms with Crippen LogP contribution in [0.3, 0.4) is 0 Å². The summed E-state index contributed by atoms with van der Waals surface area (Å²) < 4.78 is 32.6. The van der Waals surface area contributed by atoms with E-state index < -0.39 is 15.6 Å². The quantitative estimate of drug-likeness (QED) is 0.641. The highest BCUT2D eigenvalue weighted by atomic mass is 32.2. The molecule has 1 fully saturated rings. The molecule has 1 aromatic heterocycles. The third kappa shape index (κ3) is 3.00. The molecule has 126 valence electrons. The van der Waals surface area contributed by atoms with Crippen molar-refractivity contribution in [3.63, 3.8) is 0 Å². The van der Waals surface area contributed by atoms with Crippen molar-refractivity contribution in [1.82, 2.24) is 29.4 Å². The molecule has 0 aromatic carbocycles. The minimum absolute atomic E-state index is 0.102. The lowest BCUT2D eigenvalue weighted by Crippen LogP contribution is -2.47. The second-order valence-electron chi connectivity index (χ2n) is 5.63. The Bertz CT molecular complexity index is 602. The minimum Gasteiger partial charge on any atom is -0.383 e. The maximum absolute atomic E-state index is 12.2. The fourth-order valence-electron chi connectivity index (χ4n) is 2.79. The molecule has 1 aliphatic heterocycles. The zero-order valence-corrected chi connectivity index (χ0v) is 14.4. The molecule has 2 rings (SSSR count). The van der Waals surface area contributed by atoms with E-state index in [9.17, 15) is 8.42 Å². The number of sulfonamides is 1. The van der Waals surface area contributed by atoms with E-state index in [0.29, 0.717) is 38.5 Å². The van der Waals surface area contributed by atoms with Crippen molar-refractivity contribution in [2.75, 3.05) is 46.7 Å². The van der Waals surface area contributed by atoms with Gasteiger partial charge in [0.05, 0.1) is 24.4 Å². The van der Waals surface area contributed by atoms with Gasteiger partial charge in [-0.2, -0.15) is 4.31 Å². The van der Waals surface area contributed by atoms with Gasteiger partial charge in [0.1, 0.15) is 0 Å². The molecule has 1 unspecified atom stereocenters. The predicted molar refractivity (Wildman–Crippen MR) is 80.7 cm³/mol. The molecule has 9 nitrogen and oxygen atoms in total. The lowest BCUT2D eigenvalue weighted by atomic mass is 9.96. The second-order valence-corrected chi connectivity index (χ2v) is 7.89. The molecule has 1 aliphatic rings. The SMILES string of the molecule is CCS(=O)(=O)N1CCC(c2nnnn2CCOC)(N(C)C)C1. The van der Waals surface area contributed by atoms with Crippen molar-refractivity contribution >= 4 is 10.0 Å². The first-order valence-electron chi connectivity index (χ1n) is 7.28. The molecule has 0 saturated carbocycles. The first-order chi connectivity index (χ1) is 10.4. The van der Waals surface area contributed by atoms with Crippen molar-refractivity contribution in [1.29, 1.82) is 0 Å². The van der Waals surface area contributed by atoms with Crippen LogP contribution in [-0.2, 0) is 26.8 Å². The molecule has 2 heterocycles. The van der Waals surface area contributed by atoms with Crippen molar-refractivity contribution in [2.45, 2.75) is 25.4 Å². The number of likely N-dealkylation sites (N-methyl/N-ethyl adjacent to an activating group) is 1. The third-order valence-electron chi connectivity index (χ3n) is 4.28. The van der Waals surface area contributed by atoms with Crippen molar-refractivity contribution in [3.05, 3.63) is 5.82 Å². The van der Waals surface area contributed by atoms with Gasteiger partial charge in [0.25, 0.3) is 0 Å². The number of methoxy groups -OCH3 is 1. The van der Waals surface area contributed by atoms with Gasteiger partial charge in [0.15, 0.2) is 5.82 Å². The number of tetrazole rings is 1. The summed E-state index contributed by atoms with van der Waals surface area (Å²) in [4.78, 5) is 2.01. The van der Waals surface area contributed by atoms with Gasteiger partial charge < -0.3 is 4.74 Å². The number of nitrogens with zero attached hydrogens (tertiary/aromatic N) is 6. The van der Waals surface area contributed by atoms with Crippen LogP contribution in [0.5, 0.6) is 0 Å². The summed E-state index contributed by atoms with van der Waals surface area (Å²) in [6, 6.07) is 0. The van der Waals surface area contributed by atoms with E-state index in [2.05, 4.69) is 15.5 Å². The molecule has 0 bridgehead atoms. The number of rotatable bonds is 7. The third-order valence-corrected chi connectivity index (χ3v) is 6.11. The summed E-state index contributed by atoms with van der Waals surface area (Å²) in [5, 5.41) is 12.0. The molecule has 0 N–H and O–H groups in total. The van der Waals surface area contributed by atoms with Gasteiger partial charge >= 0.3 is 0 Å². The van der Waals surface area contributed by atoms with Crippen LogP contribution in [0.15, 0.2) is 0 Å². The van der Waals surface area contributed by atoms with Crippen molar-refractivity contribution in [3.8, 4) is 0 Å². The standard InChI is InChI=1S/C12H24N6O3S/c1-5-22(19,20)17-7-6-12(10-17,16(2)3)11-13-14-15-18(11)8-9-21-4/h5-10H2,1-4H3. The summed E-state index contributed by atoms with van der Waals surface area (Å²) >= 11 is 0. The Labute approximate surface area is 131 Å². The van der Waals surface area contributed by atoms with Gasteiger partial charge in [0.2, 0.25) is 10.0 Å². The van der Waals surface area contributed by atoms with E-state index in [4.69, 9.17) is 4.74 Å². The first kappa shape index (κ1) is 17.3. The van der Waals surface area contributed by atoms with Crippen LogP contribution in [0.4, 0.5) is 0 Å². The molecule has 0 radical (unpaired) electrons. The minimum atomic E-state index is -3.22. The molecule has 0 spiro atoms. The topological polar surface area (TPSA) is 93.5 Å². The molecule has 1 saturated heterocycles. The fraction of sp³-hybridized carbons (Fsp3) is 0.917. The molecule has 0 amide bonds. The van der Waals surface area contributed by atoms with Crippen LogP contribution < -0.4 is 0 Å². The smallest absolute Gasteiger partial charge is 0.213 e. The van der Waals surface area contributed by atoms with E-state index in [1.165, 1.54) is 4.31 Å². The van der Waals surface area contributed by atoms with Gasteiger partial charge in [-0.3, -0.25) is 4.90 Å². The Morgan fingerprint density at radius 1 is 1.41 bits per heavy atom. The zero-order chi connectivity index (χ0) is 16.4. The number of ether oxygens (including phenoxy) is 1. The predicted octanol–water partition coefficient (Wildman–Crippen LogP) is -0.868. The summed E-state index contributed by atoms with van der Waals surface area (Å²) in [5.41, 5.74) is -0.514. The highest BCUT2D eigenvalue weighted by Crippen LogP contribution is 2.36. The molecule has 10 heteroatoms. The van der Waals surface area contributed by atoms with Crippen LogP contribution in [0.2, 0.25) is 0 Å². The van der Waals surface area contributed by atoms with Gasteiger partial charge in [-0.15, -0.1) is 5.10 Å². The van der Waals surface area contributed by atoms with Crippen LogP contribution in [-0.4, -0.2) is 84.5 Å². The second kappa shape index (κ2) is 6.57. The average molecular weight is 332 g/mol. The number of aromatic nitrogens is 4. The Morgan fingerprint density at radius 2 is 2.14 bits per heavy atom. The molecular weight excluding hydrogens is 308 g/mol. The van der Waals surface area contributed by atoms with Crippen LogP contribution in [0.1, 0.15) is 19.2 Å². The van der Waals surface area contributed by atoms with E-state index in [-0.39, 0.29) is 5.75 Å². The maximum Gasteiger partial charge on any atom is 0.213 e. The van der Waals surface area contributed by atoms with Crippen LogP contribution in [0.25, 0.3) is 0 Å². The molecule has 1 aromatic rings. The van der Waals surface area contributed by atoms with E-state index in [1.54, 1.807) is 18.7 Å². The number of hydrogen-bond acceptors (Lipinski definition) is 7. The highest BCUT2D eigenvalue weighted by molar-refractivity contribution is 7.89. The lowest BCUT2D eigenvalue weighted by Gasteiger charge is -2.34. The normalized spacial score (nSPS) is 23.5. The fourth-order valence-corrected chi connectivity index (χ4v) is 3.94. The average Bonchev–Trinajstić information content (AvgIpc) is 3.12. The Kier molecular flexibility index (Phi) is 5.15. The lowest BCUT2D eigenvalue weighted by molar-refractivity contribution is 0.138. The molecule has 1 atom stereocenters. The van der Waals surface area contributed by atoms with Gasteiger partial charge in [-0.05, 0) is 37.9 Å². The highest BCUT2D eigenvalue weighted by Gasteiger charge is 2.48. The summed E-state index contributed by atoms with van der Waals surface area (Å²) in [6.45, 7) is 3.54. The van der Waals surface area contributed by atoms with Crippen LogP contribution >= 0.6 is 0 Å². The van der Waals surface area contributed by atoms with E-state index >= 15 is 0 Å². The molecule has 22 heavy (non-hydrogen) atoms. The van der Waals surface area contributed by atoms with E-state index in [0.717, 1.165) is 0 Å². The van der Waals surface area contributed by atoms with Crippen molar-refractivity contribution < 1.29 is 13.2 Å². The van der Waals surface area contributed by atoms with Gasteiger partial charge in [-0.1, -0.05) is 0 Å². The Balaban J connectivity index is 2.34. The Morgan fingerprint density at radius 3 is 2.73 bits per heavy atom. The van der Waals surface area contributed by atoms with Gasteiger partial charge in [0, 0.05) is 20.2 Å². The zero-order valence-electron chi connectivity index (χ0n) is 13.6. The van der Waals surface area contributed by atoms with Crippen molar-refractivity contribution in [2.24, 2.45) is 0 Å². The Hall–Kier alpha value is -1.10. The van der Waals surface area contributed by atoms with Gasteiger partial charge in [-0.25, -0.2) is 13.1 Å². The summed E-state index contributed by atoms with van der Waals surface area (Å²) in [5.74, 6) is 0.786. The monoisotopic (exact) mass is 332 g/mol. The molecular formula is C12H24N6O3S. The number of hydrogen-bond donors (Lipinski definition) is 0. The maximum atomic E-state index is 12.2. The summed E-state index contributed by atoms with van der Waals surface area (Å²) in [6.07, 6.45) is 0.659. The summed E-state index contributed by atoms with van der Waals surface area (Å²) in [7, 11) is 2.26. The first-order valence-corrected chi connectivity index (χ1v) is 8.89. The van der Waals surface area contributed by atoms with Crippen LogP contribution in [0, 0.1) is 0 Å².